The van der Waals surface area contributed by atoms with Gasteiger partial charge in [0.1, 0.15) is 0 Å². The molecule has 0 bridgehead atoms. The lowest BCUT2D eigenvalue weighted by atomic mass is 9.84. The van der Waals surface area contributed by atoms with Gasteiger partial charge >= 0.3 is 6.03 Å². The van der Waals surface area contributed by atoms with E-state index in [1.54, 1.807) is 11.1 Å². The second-order valence-corrected chi connectivity index (χ2v) is 7.03. The molecule has 2 aromatic carbocycles. The number of fused-ring (bicyclic) bond motifs is 1. The molecule has 1 fully saturated rings. The van der Waals surface area contributed by atoms with Crippen LogP contribution in [-0.4, -0.2) is 35.2 Å². The van der Waals surface area contributed by atoms with E-state index in [0.717, 1.165) is 33.8 Å². The summed E-state index contributed by atoms with van der Waals surface area (Å²) in [5, 5.41) is 13.1. The fraction of sp³-hybridized carbons (Fsp3) is 0.190. The van der Waals surface area contributed by atoms with Gasteiger partial charge in [0.15, 0.2) is 0 Å². The SMILES string of the molecule is O=C1C[C@H](c2cn[nH]c2-c2ccccc2)c2ccc(N3CCNC3=O)cc2N1. The van der Waals surface area contributed by atoms with Crippen LogP contribution in [0.1, 0.15) is 23.5 Å². The van der Waals surface area contributed by atoms with Gasteiger partial charge in [0, 0.05) is 42.4 Å². The predicted molar refractivity (Wildman–Crippen MR) is 106 cm³/mol. The number of H-pyrrole nitrogens is 1. The maximum atomic E-state index is 12.4. The third-order valence-corrected chi connectivity index (χ3v) is 5.35. The van der Waals surface area contributed by atoms with Crippen molar-refractivity contribution in [1.29, 1.82) is 0 Å². The van der Waals surface area contributed by atoms with Crippen molar-refractivity contribution in [1.82, 2.24) is 15.5 Å². The van der Waals surface area contributed by atoms with Crippen molar-refractivity contribution in [3.63, 3.8) is 0 Å². The van der Waals surface area contributed by atoms with E-state index in [2.05, 4.69) is 20.8 Å². The Hall–Kier alpha value is -3.61. The minimum absolute atomic E-state index is 0.0410. The van der Waals surface area contributed by atoms with Gasteiger partial charge < -0.3 is 10.6 Å². The molecule has 7 nitrogen and oxygen atoms in total. The largest absolute Gasteiger partial charge is 0.336 e. The summed E-state index contributed by atoms with van der Waals surface area (Å²) in [7, 11) is 0. The van der Waals surface area contributed by atoms with E-state index >= 15 is 0 Å². The van der Waals surface area contributed by atoms with Gasteiger partial charge in [-0.3, -0.25) is 14.8 Å². The normalized spacial score (nSPS) is 18.6. The molecule has 1 aromatic heterocycles. The smallest absolute Gasteiger partial charge is 0.321 e. The maximum Gasteiger partial charge on any atom is 0.321 e. The van der Waals surface area contributed by atoms with Crippen LogP contribution >= 0.6 is 0 Å². The quantitative estimate of drug-likeness (QED) is 0.659. The monoisotopic (exact) mass is 373 g/mol. The Bertz CT molecular complexity index is 1060. The van der Waals surface area contributed by atoms with E-state index in [9.17, 15) is 9.59 Å². The molecule has 2 aliphatic rings. The Morgan fingerprint density at radius 3 is 2.68 bits per heavy atom. The van der Waals surface area contributed by atoms with Crippen molar-refractivity contribution < 1.29 is 9.59 Å². The molecule has 0 unspecified atom stereocenters. The number of rotatable bonds is 3. The Labute approximate surface area is 161 Å². The molecule has 3 N–H and O–H groups in total. The highest BCUT2D eigenvalue weighted by Gasteiger charge is 2.31. The highest BCUT2D eigenvalue weighted by molar-refractivity contribution is 5.99. The van der Waals surface area contributed by atoms with Crippen LogP contribution in [0.2, 0.25) is 0 Å². The van der Waals surface area contributed by atoms with Crippen molar-refractivity contribution in [2.24, 2.45) is 0 Å². The molecule has 2 aliphatic heterocycles. The van der Waals surface area contributed by atoms with Gasteiger partial charge in [-0.25, -0.2) is 4.79 Å². The molecule has 1 saturated heterocycles. The third-order valence-electron chi connectivity index (χ3n) is 5.35. The van der Waals surface area contributed by atoms with Crippen LogP contribution in [-0.2, 0) is 4.79 Å². The average molecular weight is 373 g/mol. The second kappa shape index (κ2) is 6.53. The molecule has 1 atom stereocenters. The first-order chi connectivity index (χ1) is 13.7. The van der Waals surface area contributed by atoms with Gasteiger partial charge in [0.2, 0.25) is 5.91 Å². The first kappa shape index (κ1) is 16.6. The fourth-order valence-electron chi connectivity index (χ4n) is 4.01. The minimum atomic E-state index is -0.111. The van der Waals surface area contributed by atoms with Gasteiger partial charge in [-0.05, 0) is 23.3 Å². The predicted octanol–water partition coefficient (Wildman–Crippen LogP) is 3.08. The molecule has 3 amide bonds. The van der Waals surface area contributed by atoms with Crippen LogP contribution in [0, 0.1) is 0 Å². The number of carbonyl (C=O) groups is 2. The minimum Gasteiger partial charge on any atom is -0.336 e. The van der Waals surface area contributed by atoms with Crippen LogP contribution < -0.4 is 15.5 Å². The van der Waals surface area contributed by atoms with Gasteiger partial charge in [-0.15, -0.1) is 0 Å². The van der Waals surface area contributed by atoms with Crippen molar-refractivity contribution in [2.75, 3.05) is 23.3 Å². The van der Waals surface area contributed by atoms with Gasteiger partial charge in [0.25, 0.3) is 0 Å². The molecule has 7 heteroatoms. The first-order valence-corrected chi connectivity index (χ1v) is 9.28. The summed E-state index contributed by atoms with van der Waals surface area (Å²) in [6.07, 6.45) is 2.16. The number of aromatic amines is 1. The molecule has 28 heavy (non-hydrogen) atoms. The summed E-state index contributed by atoms with van der Waals surface area (Å²) in [4.78, 5) is 26.1. The Morgan fingerprint density at radius 2 is 1.89 bits per heavy atom. The fourth-order valence-corrected chi connectivity index (χ4v) is 4.01. The zero-order valence-corrected chi connectivity index (χ0v) is 15.1. The van der Waals surface area contributed by atoms with E-state index < -0.39 is 0 Å². The standard InChI is InChI=1S/C21H19N5O2/c27-19-11-16(17-12-23-25-20(17)13-4-2-1-3-5-13)15-7-6-14(10-18(15)24-19)26-9-8-22-21(26)28/h1-7,10,12,16H,8-9,11H2,(H,22,28)(H,23,25)(H,24,27)/t16-/m0/s1. The molecule has 140 valence electrons. The Kier molecular flexibility index (Phi) is 3.86. The van der Waals surface area contributed by atoms with Gasteiger partial charge in [-0.2, -0.15) is 5.10 Å². The van der Waals surface area contributed by atoms with Crippen LogP contribution in [0.4, 0.5) is 16.2 Å². The molecule has 3 aromatic rings. The van der Waals surface area contributed by atoms with Gasteiger partial charge in [-0.1, -0.05) is 36.4 Å². The molecule has 0 aliphatic carbocycles. The van der Waals surface area contributed by atoms with Crippen LogP contribution in [0.5, 0.6) is 0 Å². The summed E-state index contributed by atoms with van der Waals surface area (Å²) < 4.78 is 0. The number of benzene rings is 2. The van der Waals surface area contributed by atoms with E-state index in [1.807, 2.05) is 48.5 Å². The third kappa shape index (κ3) is 2.72. The van der Waals surface area contributed by atoms with Crippen molar-refractivity contribution in [3.05, 3.63) is 65.9 Å². The summed E-state index contributed by atoms with van der Waals surface area (Å²) in [6, 6.07) is 15.7. The summed E-state index contributed by atoms with van der Waals surface area (Å²) in [5.41, 5.74) is 5.52. The maximum absolute atomic E-state index is 12.4. The zero-order valence-electron chi connectivity index (χ0n) is 15.1. The number of anilines is 2. The highest BCUT2D eigenvalue weighted by atomic mass is 16.2. The van der Waals surface area contributed by atoms with E-state index in [0.29, 0.717) is 19.5 Å². The number of nitrogens with one attached hydrogen (secondary N) is 3. The second-order valence-electron chi connectivity index (χ2n) is 7.03. The van der Waals surface area contributed by atoms with Gasteiger partial charge in [0.05, 0.1) is 11.9 Å². The highest BCUT2D eigenvalue weighted by Crippen LogP contribution is 2.41. The summed E-state index contributed by atoms with van der Waals surface area (Å²) in [6.45, 7) is 1.25. The molecule has 0 spiro atoms. The number of nitrogens with zero attached hydrogens (tertiary/aromatic N) is 2. The van der Waals surface area contributed by atoms with Crippen molar-refractivity contribution >= 4 is 23.3 Å². The summed E-state index contributed by atoms with van der Waals surface area (Å²) in [5.74, 6) is -0.139. The first-order valence-electron chi connectivity index (χ1n) is 9.28. The molecule has 0 radical (unpaired) electrons. The number of hydrogen-bond acceptors (Lipinski definition) is 3. The molecule has 0 saturated carbocycles. The number of carbonyl (C=O) groups excluding carboxylic acids is 2. The number of aromatic nitrogens is 2. The van der Waals surface area contributed by atoms with E-state index in [4.69, 9.17) is 0 Å². The van der Waals surface area contributed by atoms with Crippen molar-refractivity contribution in [3.8, 4) is 11.3 Å². The summed E-state index contributed by atoms with van der Waals surface area (Å²) >= 11 is 0. The van der Waals surface area contributed by atoms with Crippen molar-refractivity contribution in [2.45, 2.75) is 12.3 Å². The van der Waals surface area contributed by atoms with Crippen LogP contribution in [0.25, 0.3) is 11.3 Å². The average Bonchev–Trinajstić information content (AvgIpc) is 3.36. The van der Waals surface area contributed by atoms with E-state index in [-0.39, 0.29) is 17.9 Å². The molecular weight excluding hydrogens is 354 g/mol. The zero-order chi connectivity index (χ0) is 19.1. The lowest BCUT2D eigenvalue weighted by Gasteiger charge is -2.27. The number of hydrogen-bond donors (Lipinski definition) is 3. The molecule has 5 rings (SSSR count). The number of urea groups is 1. The molecular formula is C21H19N5O2. The lowest BCUT2D eigenvalue weighted by molar-refractivity contribution is -0.116. The molecule has 3 heterocycles. The van der Waals surface area contributed by atoms with E-state index in [1.165, 1.54) is 0 Å². The topological polar surface area (TPSA) is 90.1 Å². The Balaban J connectivity index is 1.56. The number of amides is 3. The Morgan fingerprint density at radius 1 is 1.04 bits per heavy atom. The van der Waals surface area contributed by atoms with Crippen LogP contribution in [0.15, 0.2) is 54.7 Å². The lowest BCUT2D eigenvalue weighted by Crippen LogP contribution is -2.28. The van der Waals surface area contributed by atoms with Crippen LogP contribution in [0.3, 0.4) is 0 Å².